The molecule has 4 aromatic heterocycles. The van der Waals surface area contributed by atoms with Crippen molar-refractivity contribution >= 4 is 17.4 Å². The number of nitrogens with zero attached hydrogens (tertiary/aromatic N) is 10. The summed E-state index contributed by atoms with van der Waals surface area (Å²) >= 11 is 0. The van der Waals surface area contributed by atoms with Crippen molar-refractivity contribution in [2.45, 2.75) is 19.8 Å². The minimum Gasteiger partial charge on any atom is -0.338 e. The number of imidazole rings is 1. The molecule has 0 fully saturated rings. The maximum atomic E-state index is 4.72. The van der Waals surface area contributed by atoms with Gasteiger partial charge < -0.3 is 9.47 Å². The molecule has 0 saturated heterocycles. The lowest BCUT2D eigenvalue weighted by Crippen LogP contribution is -2.31. The topological polar surface area (TPSA) is 95.4 Å². The predicted molar refractivity (Wildman–Crippen MR) is 93.1 cm³/mol. The van der Waals surface area contributed by atoms with Crippen molar-refractivity contribution in [3.8, 4) is 11.3 Å². The molecule has 1 aliphatic heterocycles. The van der Waals surface area contributed by atoms with Crippen molar-refractivity contribution in [1.29, 1.82) is 0 Å². The normalized spacial score (nSPS) is 14.8. The SMILES string of the molecule is C[C@@H](N1C=Cc2nccn2C1)n1nnc2ncc(-c3cnn(C)c3)nc21. The van der Waals surface area contributed by atoms with Crippen molar-refractivity contribution < 1.29 is 0 Å². The lowest BCUT2D eigenvalue weighted by Gasteiger charge is -2.30. The third-order valence-corrected chi connectivity index (χ3v) is 4.50. The lowest BCUT2D eigenvalue weighted by atomic mass is 10.3. The fraction of sp³-hybridized carbons (Fsp3) is 0.250. The molecule has 0 N–H and O–H groups in total. The monoisotopic (exact) mass is 348 g/mol. The van der Waals surface area contributed by atoms with E-state index in [9.17, 15) is 0 Å². The zero-order valence-electron chi connectivity index (χ0n) is 14.3. The summed E-state index contributed by atoms with van der Waals surface area (Å²) in [7, 11) is 1.87. The first-order valence-electron chi connectivity index (χ1n) is 8.21. The molecule has 0 saturated carbocycles. The summed E-state index contributed by atoms with van der Waals surface area (Å²) in [6, 6.07) is 0. The van der Waals surface area contributed by atoms with E-state index in [0.29, 0.717) is 18.0 Å². The van der Waals surface area contributed by atoms with E-state index in [0.717, 1.165) is 17.1 Å². The van der Waals surface area contributed by atoms with E-state index >= 15 is 0 Å². The summed E-state index contributed by atoms with van der Waals surface area (Å²) in [4.78, 5) is 15.6. The van der Waals surface area contributed by atoms with Gasteiger partial charge in [-0.25, -0.2) is 19.6 Å². The van der Waals surface area contributed by atoms with E-state index in [1.165, 1.54) is 0 Å². The van der Waals surface area contributed by atoms with Crippen LogP contribution in [0, 0.1) is 0 Å². The van der Waals surface area contributed by atoms with Crippen LogP contribution in [-0.4, -0.2) is 49.2 Å². The molecule has 10 heteroatoms. The number of fused-ring (bicyclic) bond motifs is 2. The van der Waals surface area contributed by atoms with E-state index in [1.807, 2.05) is 31.7 Å². The summed E-state index contributed by atoms with van der Waals surface area (Å²) in [5.41, 5.74) is 2.81. The average molecular weight is 348 g/mol. The van der Waals surface area contributed by atoms with Crippen LogP contribution in [0.4, 0.5) is 0 Å². The molecule has 26 heavy (non-hydrogen) atoms. The van der Waals surface area contributed by atoms with Crippen LogP contribution >= 0.6 is 0 Å². The highest BCUT2D eigenvalue weighted by molar-refractivity contribution is 5.69. The Kier molecular flexibility index (Phi) is 3.11. The van der Waals surface area contributed by atoms with Crippen molar-refractivity contribution in [3.63, 3.8) is 0 Å². The Morgan fingerprint density at radius 2 is 2.12 bits per heavy atom. The van der Waals surface area contributed by atoms with E-state index < -0.39 is 0 Å². The van der Waals surface area contributed by atoms with Gasteiger partial charge in [-0.15, -0.1) is 5.10 Å². The van der Waals surface area contributed by atoms with Crippen LogP contribution in [0.25, 0.3) is 28.6 Å². The number of hydrogen-bond donors (Lipinski definition) is 0. The lowest BCUT2D eigenvalue weighted by molar-refractivity contribution is 0.165. The standard InChI is InChI=1S/C16H16N10/c1-11(24-5-3-14-17-4-6-25(14)10-24)26-16-15(21-22-26)18-8-13(20-16)12-7-19-23(2)9-12/h3-9,11H,10H2,1-2H3/t11-/m0/s1. The Labute approximate surface area is 148 Å². The smallest absolute Gasteiger partial charge is 0.221 e. The zero-order chi connectivity index (χ0) is 17.7. The van der Waals surface area contributed by atoms with Crippen LogP contribution in [0.5, 0.6) is 0 Å². The van der Waals surface area contributed by atoms with Crippen molar-refractivity contribution in [2.24, 2.45) is 7.05 Å². The second-order valence-electron chi connectivity index (χ2n) is 6.20. The van der Waals surface area contributed by atoms with Crippen molar-refractivity contribution in [3.05, 3.63) is 43.0 Å². The van der Waals surface area contributed by atoms with E-state index in [1.54, 1.807) is 28.0 Å². The first-order chi connectivity index (χ1) is 12.7. The molecule has 0 aliphatic carbocycles. The van der Waals surface area contributed by atoms with Crippen LogP contribution in [0.1, 0.15) is 18.9 Å². The Morgan fingerprint density at radius 3 is 2.96 bits per heavy atom. The van der Waals surface area contributed by atoms with Gasteiger partial charge in [0, 0.05) is 37.4 Å². The molecule has 0 aromatic carbocycles. The Bertz CT molecular complexity index is 1120. The Hall–Kier alpha value is -3.56. The van der Waals surface area contributed by atoms with Crippen LogP contribution < -0.4 is 0 Å². The Morgan fingerprint density at radius 1 is 1.19 bits per heavy atom. The molecule has 130 valence electrons. The summed E-state index contributed by atoms with van der Waals surface area (Å²) in [5, 5.41) is 12.6. The number of aromatic nitrogens is 9. The highest BCUT2D eigenvalue weighted by Gasteiger charge is 2.21. The molecule has 10 nitrogen and oxygen atoms in total. The maximum Gasteiger partial charge on any atom is 0.221 e. The molecule has 0 bridgehead atoms. The van der Waals surface area contributed by atoms with Gasteiger partial charge in [-0.1, -0.05) is 5.21 Å². The molecule has 0 unspecified atom stereocenters. The summed E-state index contributed by atoms with van der Waals surface area (Å²) in [5.74, 6) is 0.940. The molecule has 0 radical (unpaired) electrons. The fourth-order valence-corrected chi connectivity index (χ4v) is 3.04. The van der Waals surface area contributed by atoms with Gasteiger partial charge in [0.25, 0.3) is 0 Å². The van der Waals surface area contributed by atoms with Gasteiger partial charge in [-0.3, -0.25) is 4.68 Å². The summed E-state index contributed by atoms with van der Waals surface area (Å²) in [6.45, 7) is 2.74. The fourth-order valence-electron chi connectivity index (χ4n) is 3.04. The van der Waals surface area contributed by atoms with Crippen LogP contribution in [0.2, 0.25) is 0 Å². The molecule has 0 spiro atoms. The molecule has 5 heterocycles. The van der Waals surface area contributed by atoms with E-state index in [-0.39, 0.29) is 6.17 Å². The second-order valence-corrected chi connectivity index (χ2v) is 6.20. The van der Waals surface area contributed by atoms with E-state index in [4.69, 9.17) is 4.98 Å². The van der Waals surface area contributed by atoms with Crippen LogP contribution in [0.15, 0.2) is 37.2 Å². The molecule has 4 aromatic rings. The second kappa shape index (κ2) is 5.48. The van der Waals surface area contributed by atoms with Crippen molar-refractivity contribution in [2.75, 3.05) is 0 Å². The van der Waals surface area contributed by atoms with Gasteiger partial charge in [0.05, 0.1) is 24.8 Å². The van der Waals surface area contributed by atoms with Gasteiger partial charge in [0.1, 0.15) is 12.0 Å². The highest BCUT2D eigenvalue weighted by Crippen LogP contribution is 2.23. The molecule has 1 atom stereocenters. The molecule has 5 rings (SSSR count). The third-order valence-electron chi connectivity index (χ3n) is 4.50. The number of aryl methyl sites for hydroxylation is 1. The molecule has 1 aliphatic rings. The van der Waals surface area contributed by atoms with Crippen molar-refractivity contribution in [1.82, 2.24) is 49.2 Å². The van der Waals surface area contributed by atoms with Gasteiger partial charge in [-0.2, -0.15) is 5.10 Å². The minimum atomic E-state index is -0.0785. The number of hydrogen-bond acceptors (Lipinski definition) is 7. The van der Waals surface area contributed by atoms with Crippen LogP contribution in [-0.2, 0) is 13.7 Å². The first kappa shape index (κ1) is 14.8. The Balaban J connectivity index is 1.52. The largest absolute Gasteiger partial charge is 0.338 e. The van der Waals surface area contributed by atoms with Gasteiger partial charge in [-0.05, 0) is 13.0 Å². The predicted octanol–water partition coefficient (Wildman–Crippen LogP) is 1.28. The highest BCUT2D eigenvalue weighted by atomic mass is 15.5. The molecular formula is C16H16N10. The summed E-state index contributed by atoms with van der Waals surface area (Å²) < 4.78 is 5.59. The third kappa shape index (κ3) is 2.26. The van der Waals surface area contributed by atoms with Gasteiger partial charge in [0.15, 0.2) is 0 Å². The summed E-state index contributed by atoms with van der Waals surface area (Å²) in [6.07, 6.45) is 13.0. The van der Waals surface area contributed by atoms with Crippen LogP contribution in [0.3, 0.4) is 0 Å². The van der Waals surface area contributed by atoms with Gasteiger partial charge >= 0.3 is 0 Å². The zero-order valence-corrected chi connectivity index (χ0v) is 14.3. The minimum absolute atomic E-state index is 0.0785. The van der Waals surface area contributed by atoms with Gasteiger partial charge in [0.2, 0.25) is 11.3 Å². The number of rotatable bonds is 3. The molecular weight excluding hydrogens is 332 g/mol. The maximum absolute atomic E-state index is 4.72. The first-order valence-corrected chi connectivity index (χ1v) is 8.21. The van der Waals surface area contributed by atoms with E-state index in [2.05, 4.69) is 41.8 Å². The average Bonchev–Trinajstić information content (AvgIpc) is 3.38. The molecule has 0 amide bonds. The quantitative estimate of drug-likeness (QED) is 0.550.